The summed E-state index contributed by atoms with van der Waals surface area (Å²) < 4.78 is 0. The molecule has 0 saturated carbocycles. The van der Waals surface area contributed by atoms with Crippen molar-refractivity contribution in [2.75, 3.05) is 13.1 Å². The zero-order valence-electron chi connectivity index (χ0n) is 10.7. The highest BCUT2D eigenvalue weighted by Crippen LogP contribution is 2.17. The number of piperazine rings is 1. The number of benzene rings is 1. The van der Waals surface area contributed by atoms with E-state index in [1.807, 2.05) is 0 Å². The first-order valence-corrected chi connectivity index (χ1v) is 5.95. The van der Waals surface area contributed by atoms with Crippen LogP contribution < -0.4 is 5.32 Å². The molecule has 1 aliphatic heterocycles. The van der Waals surface area contributed by atoms with E-state index < -0.39 is 35.3 Å². The van der Waals surface area contributed by atoms with Crippen LogP contribution in [0.1, 0.15) is 10.4 Å². The minimum absolute atomic E-state index is 0.0369. The van der Waals surface area contributed by atoms with Gasteiger partial charge in [0.25, 0.3) is 11.6 Å². The molecule has 1 fully saturated rings. The smallest absolute Gasteiger partial charge is 0.328 e. The van der Waals surface area contributed by atoms with Gasteiger partial charge in [-0.3, -0.25) is 19.7 Å². The van der Waals surface area contributed by atoms with Gasteiger partial charge < -0.3 is 15.3 Å². The number of nitro groups is 1. The summed E-state index contributed by atoms with van der Waals surface area (Å²) >= 11 is 0. The number of non-ortho nitro benzene ring substituents is 1. The number of carboxylic acids is 1. The van der Waals surface area contributed by atoms with E-state index in [9.17, 15) is 24.5 Å². The summed E-state index contributed by atoms with van der Waals surface area (Å²) in [5, 5.41) is 22.1. The van der Waals surface area contributed by atoms with Crippen molar-refractivity contribution in [3.8, 4) is 0 Å². The molecule has 1 aromatic rings. The summed E-state index contributed by atoms with van der Waals surface area (Å²) in [6, 6.07) is 3.73. The average Bonchev–Trinajstić information content (AvgIpc) is 2.46. The summed E-state index contributed by atoms with van der Waals surface area (Å²) in [4.78, 5) is 45.7. The Labute approximate surface area is 118 Å². The molecule has 9 nitrogen and oxygen atoms in total. The number of aliphatic carboxylic acids is 1. The summed E-state index contributed by atoms with van der Waals surface area (Å²) in [7, 11) is 0. The SMILES string of the molecule is O=C1CN(C(=O)c2cccc([N+](=O)[O-])c2)C(C(=O)O)CN1. The Kier molecular flexibility index (Phi) is 3.83. The van der Waals surface area contributed by atoms with Crippen molar-refractivity contribution in [1.82, 2.24) is 10.2 Å². The van der Waals surface area contributed by atoms with E-state index in [1.54, 1.807) is 0 Å². The highest BCUT2D eigenvalue weighted by molar-refractivity contribution is 6.00. The standard InChI is InChI=1S/C12H11N3O6/c16-10-6-14(9(5-13-10)12(18)19)11(17)7-2-1-3-8(4-7)15(20)21/h1-4,9H,5-6H2,(H,13,16)(H,18,19). The third-order valence-corrected chi connectivity index (χ3v) is 3.03. The highest BCUT2D eigenvalue weighted by Gasteiger charge is 2.35. The van der Waals surface area contributed by atoms with Crippen LogP contribution in [0.5, 0.6) is 0 Å². The minimum Gasteiger partial charge on any atom is -0.480 e. The van der Waals surface area contributed by atoms with Crippen molar-refractivity contribution in [1.29, 1.82) is 0 Å². The molecule has 0 spiro atoms. The number of carbonyl (C=O) groups is 3. The van der Waals surface area contributed by atoms with Crippen molar-refractivity contribution in [2.24, 2.45) is 0 Å². The maximum absolute atomic E-state index is 12.3. The van der Waals surface area contributed by atoms with E-state index >= 15 is 0 Å². The Morgan fingerprint density at radius 1 is 1.43 bits per heavy atom. The van der Waals surface area contributed by atoms with Crippen LogP contribution in [-0.2, 0) is 9.59 Å². The first-order chi connectivity index (χ1) is 9.90. The number of carbonyl (C=O) groups excluding carboxylic acids is 2. The lowest BCUT2D eigenvalue weighted by Crippen LogP contribution is -2.59. The van der Waals surface area contributed by atoms with Gasteiger partial charge in [-0.15, -0.1) is 0 Å². The van der Waals surface area contributed by atoms with E-state index in [0.29, 0.717) is 0 Å². The maximum atomic E-state index is 12.3. The molecule has 0 radical (unpaired) electrons. The molecule has 21 heavy (non-hydrogen) atoms. The zero-order chi connectivity index (χ0) is 15.6. The number of carboxylic acid groups (broad SMARTS) is 1. The topological polar surface area (TPSA) is 130 Å². The van der Waals surface area contributed by atoms with E-state index in [2.05, 4.69) is 5.32 Å². The predicted octanol–water partition coefficient (Wildman–Crippen LogP) is -0.380. The van der Waals surface area contributed by atoms with Gasteiger partial charge in [0.1, 0.15) is 12.6 Å². The Morgan fingerprint density at radius 2 is 2.14 bits per heavy atom. The van der Waals surface area contributed by atoms with Gasteiger partial charge in [0.15, 0.2) is 0 Å². The fourth-order valence-electron chi connectivity index (χ4n) is 1.99. The molecule has 0 aliphatic carbocycles. The fourth-order valence-corrected chi connectivity index (χ4v) is 1.99. The third kappa shape index (κ3) is 2.96. The van der Waals surface area contributed by atoms with Crippen molar-refractivity contribution in [2.45, 2.75) is 6.04 Å². The molecule has 1 atom stereocenters. The average molecular weight is 293 g/mol. The number of nitrogens with one attached hydrogen (secondary N) is 1. The van der Waals surface area contributed by atoms with Crippen LogP contribution in [0, 0.1) is 10.1 Å². The third-order valence-electron chi connectivity index (χ3n) is 3.03. The van der Waals surface area contributed by atoms with Gasteiger partial charge in [0.05, 0.1) is 4.92 Å². The monoisotopic (exact) mass is 293 g/mol. The second-order valence-electron chi connectivity index (χ2n) is 4.40. The van der Waals surface area contributed by atoms with Crippen LogP contribution in [0.4, 0.5) is 5.69 Å². The van der Waals surface area contributed by atoms with Crippen molar-refractivity contribution < 1.29 is 24.4 Å². The van der Waals surface area contributed by atoms with Gasteiger partial charge in [-0.2, -0.15) is 0 Å². The normalized spacial score (nSPS) is 18.0. The molecule has 2 amide bonds. The van der Waals surface area contributed by atoms with Gasteiger partial charge >= 0.3 is 5.97 Å². The number of nitrogens with zero attached hydrogens (tertiary/aromatic N) is 2. The molecular weight excluding hydrogens is 282 g/mol. The Morgan fingerprint density at radius 3 is 2.76 bits per heavy atom. The van der Waals surface area contributed by atoms with Crippen molar-refractivity contribution >= 4 is 23.5 Å². The Bertz CT molecular complexity index is 629. The quantitative estimate of drug-likeness (QED) is 0.577. The molecule has 9 heteroatoms. The fraction of sp³-hybridized carbons (Fsp3) is 0.250. The molecule has 2 rings (SSSR count). The first kappa shape index (κ1) is 14.4. The molecule has 1 aromatic carbocycles. The van der Waals surface area contributed by atoms with Crippen LogP contribution in [0.15, 0.2) is 24.3 Å². The van der Waals surface area contributed by atoms with Crippen LogP contribution in [0.2, 0.25) is 0 Å². The van der Waals surface area contributed by atoms with E-state index in [1.165, 1.54) is 18.2 Å². The molecule has 110 valence electrons. The lowest BCUT2D eigenvalue weighted by molar-refractivity contribution is -0.384. The highest BCUT2D eigenvalue weighted by atomic mass is 16.6. The zero-order valence-corrected chi connectivity index (χ0v) is 10.7. The van der Waals surface area contributed by atoms with E-state index in [-0.39, 0.29) is 17.8 Å². The van der Waals surface area contributed by atoms with Gasteiger partial charge in [-0.1, -0.05) is 6.07 Å². The molecular formula is C12H11N3O6. The molecule has 0 bridgehead atoms. The number of hydrogen-bond donors (Lipinski definition) is 2. The number of rotatable bonds is 3. The molecule has 1 heterocycles. The van der Waals surface area contributed by atoms with Gasteiger partial charge in [-0.05, 0) is 6.07 Å². The Hall–Kier alpha value is -2.97. The lowest BCUT2D eigenvalue weighted by atomic mass is 10.1. The maximum Gasteiger partial charge on any atom is 0.328 e. The van der Waals surface area contributed by atoms with Gasteiger partial charge in [0.2, 0.25) is 5.91 Å². The number of hydrogen-bond acceptors (Lipinski definition) is 5. The molecule has 1 aliphatic rings. The summed E-state index contributed by atoms with van der Waals surface area (Å²) in [5.41, 5.74) is -0.320. The summed E-state index contributed by atoms with van der Waals surface area (Å²) in [6.45, 7) is -0.604. The first-order valence-electron chi connectivity index (χ1n) is 5.95. The second kappa shape index (κ2) is 5.57. The van der Waals surface area contributed by atoms with Crippen LogP contribution in [-0.4, -0.2) is 51.8 Å². The van der Waals surface area contributed by atoms with Crippen LogP contribution in [0.3, 0.4) is 0 Å². The van der Waals surface area contributed by atoms with Gasteiger partial charge in [-0.25, -0.2) is 4.79 Å². The number of nitro benzene ring substituents is 1. The summed E-state index contributed by atoms with van der Waals surface area (Å²) in [5.74, 6) is -2.47. The summed E-state index contributed by atoms with van der Waals surface area (Å²) in [6.07, 6.45) is 0. The molecule has 0 aromatic heterocycles. The molecule has 1 saturated heterocycles. The predicted molar refractivity (Wildman–Crippen MR) is 68.6 cm³/mol. The van der Waals surface area contributed by atoms with E-state index in [0.717, 1.165) is 11.0 Å². The van der Waals surface area contributed by atoms with Crippen LogP contribution >= 0.6 is 0 Å². The van der Waals surface area contributed by atoms with Crippen molar-refractivity contribution in [3.05, 3.63) is 39.9 Å². The Balaban J connectivity index is 2.32. The largest absolute Gasteiger partial charge is 0.480 e. The number of amides is 2. The van der Waals surface area contributed by atoms with Gasteiger partial charge in [0, 0.05) is 24.2 Å². The lowest BCUT2D eigenvalue weighted by Gasteiger charge is -2.32. The molecule has 2 N–H and O–H groups in total. The minimum atomic E-state index is -1.26. The molecule has 1 unspecified atom stereocenters. The van der Waals surface area contributed by atoms with E-state index in [4.69, 9.17) is 5.11 Å². The van der Waals surface area contributed by atoms with Crippen molar-refractivity contribution in [3.63, 3.8) is 0 Å². The second-order valence-corrected chi connectivity index (χ2v) is 4.40. The van der Waals surface area contributed by atoms with Crippen LogP contribution in [0.25, 0.3) is 0 Å².